The topological polar surface area (TPSA) is 71.1 Å². The molecule has 1 N–H and O–H groups in total. The van der Waals surface area contributed by atoms with Crippen molar-refractivity contribution in [1.29, 1.82) is 0 Å². The number of halogens is 1. The van der Waals surface area contributed by atoms with Gasteiger partial charge in [0.25, 0.3) is 5.91 Å². The van der Waals surface area contributed by atoms with Gasteiger partial charge in [0.15, 0.2) is 5.69 Å². The fourth-order valence-corrected chi connectivity index (χ4v) is 3.47. The molecule has 1 amide bonds. The largest absolute Gasteiger partial charge is 0.487 e. The van der Waals surface area contributed by atoms with E-state index in [0.29, 0.717) is 23.7 Å². The van der Waals surface area contributed by atoms with Crippen LogP contribution >= 0.6 is 0 Å². The number of rotatable bonds is 5. The molecule has 3 heterocycles. The van der Waals surface area contributed by atoms with E-state index < -0.39 is 0 Å². The van der Waals surface area contributed by atoms with Crippen molar-refractivity contribution in [1.82, 2.24) is 20.1 Å². The van der Waals surface area contributed by atoms with Gasteiger partial charge < -0.3 is 9.64 Å². The number of carbonyl (C=O) groups is 1. The van der Waals surface area contributed by atoms with Gasteiger partial charge in [-0.1, -0.05) is 12.1 Å². The van der Waals surface area contributed by atoms with E-state index >= 15 is 0 Å². The highest BCUT2D eigenvalue weighted by Crippen LogP contribution is 2.30. The van der Waals surface area contributed by atoms with E-state index in [2.05, 4.69) is 15.2 Å². The highest BCUT2D eigenvalue weighted by atomic mass is 19.1. The number of piperidine rings is 1. The van der Waals surface area contributed by atoms with Gasteiger partial charge in [-0.3, -0.25) is 14.9 Å². The van der Waals surface area contributed by atoms with E-state index in [0.717, 1.165) is 25.0 Å². The van der Waals surface area contributed by atoms with Crippen molar-refractivity contribution in [3.63, 3.8) is 0 Å². The van der Waals surface area contributed by atoms with Crippen LogP contribution in [0.25, 0.3) is 0 Å². The quantitative estimate of drug-likeness (QED) is 0.729. The fourth-order valence-electron chi connectivity index (χ4n) is 3.47. The standard InChI is InChI=1S/C21H21FN4O2/c22-15-6-5-7-17(12-15)28-14-16-13-19(25-24-16)21(27)26-11-4-2-9-20(26)18-8-1-3-10-23-18/h1,3,5-8,10,12-13,20H,2,4,9,11,14H2,(H,24,25)/t20-/m1/s1. The maximum atomic E-state index is 13.2. The predicted octanol–water partition coefficient (Wildman–Crippen LogP) is 3.89. The molecule has 1 aliphatic rings. The van der Waals surface area contributed by atoms with Gasteiger partial charge in [-0.15, -0.1) is 0 Å². The number of hydrogen-bond donors (Lipinski definition) is 1. The summed E-state index contributed by atoms with van der Waals surface area (Å²) >= 11 is 0. The van der Waals surface area contributed by atoms with Gasteiger partial charge in [0.05, 0.1) is 17.4 Å². The number of amides is 1. The summed E-state index contributed by atoms with van der Waals surface area (Å²) in [5.41, 5.74) is 1.90. The van der Waals surface area contributed by atoms with Crippen molar-refractivity contribution in [2.75, 3.05) is 6.54 Å². The third-order valence-corrected chi connectivity index (χ3v) is 4.83. The van der Waals surface area contributed by atoms with E-state index in [4.69, 9.17) is 4.74 Å². The summed E-state index contributed by atoms with van der Waals surface area (Å²) in [6, 6.07) is 13.4. The van der Waals surface area contributed by atoms with E-state index in [1.165, 1.54) is 12.1 Å². The Bertz CT molecular complexity index is 944. The second-order valence-electron chi connectivity index (χ2n) is 6.79. The highest BCUT2D eigenvalue weighted by molar-refractivity contribution is 5.92. The molecular formula is C21H21FN4O2. The molecule has 0 bridgehead atoms. The van der Waals surface area contributed by atoms with E-state index in [1.54, 1.807) is 24.4 Å². The third kappa shape index (κ3) is 4.03. The number of benzene rings is 1. The Balaban J connectivity index is 1.45. The monoisotopic (exact) mass is 380 g/mol. The number of aromatic nitrogens is 3. The molecular weight excluding hydrogens is 359 g/mol. The van der Waals surface area contributed by atoms with Gasteiger partial charge in [0.2, 0.25) is 0 Å². The number of pyridine rings is 1. The van der Waals surface area contributed by atoms with Crippen molar-refractivity contribution >= 4 is 5.91 Å². The van der Waals surface area contributed by atoms with Crippen molar-refractivity contribution < 1.29 is 13.9 Å². The van der Waals surface area contributed by atoms with E-state index in [9.17, 15) is 9.18 Å². The average molecular weight is 380 g/mol. The molecule has 6 nitrogen and oxygen atoms in total. The van der Waals surface area contributed by atoms with Crippen LogP contribution in [0.15, 0.2) is 54.7 Å². The van der Waals surface area contributed by atoms with Crippen LogP contribution in [0.2, 0.25) is 0 Å². The number of aromatic amines is 1. The lowest BCUT2D eigenvalue weighted by atomic mass is 9.98. The average Bonchev–Trinajstić information content (AvgIpc) is 3.21. The molecule has 0 spiro atoms. The summed E-state index contributed by atoms with van der Waals surface area (Å²) in [7, 11) is 0. The number of hydrogen-bond acceptors (Lipinski definition) is 4. The molecule has 0 saturated carbocycles. The lowest BCUT2D eigenvalue weighted by molar-refractivity contribution is 0.0600. The van der Waals surface area contributed by atoms with Crippen molar-refractivity contribution in [3.05, 3.63) is 77.6 Å². The number of nitrogens with one attached hydrogen (secondary N) is 1. The Morgan fingerprint density at radius 1 is 1.21 bits per heavy atom. The van der Waals surface area contributed by atoms with Crippen molar-refractivity contribution in [2.45, 2.75) is 31.9 Å². The van der Waals surface area contributed by atoms with Gasteiger partial charge in [-0.25, -0.2) is 4.39 Å². The zero-order chi connectivity index (χ0) is 19.3. The molecule has 1 saturated heterocycles. The first-order valence-electron chi connectivity index (χ1n) is 9.35. The molecule has 1 aliphatic heterocycles. The molecule has 28 heavy (non-hydrogen) atoms. The molecule has 0 radical (unpaired) electrons. The third-order valence-electron chi connectivity index (χ3n) is 4.83. The fraction of sp³-hybridized carbons (Fsp3) is 0.286. The van der Waals surface area contributed by atoms with Crippen LogP contribution in [0.1, 0.15) is 47.2 Å². The number of likely N-dealkylation sites (tertiary alicyclic amines) is 1. The van der Waals surface area contributed by atoms with Gasteiger partial charge in [-0.05, 0) is 49.6 Å². The van der Waals surface area contributed by atoms with Gasteiger partial charge in [0, 0.05) is 18.8 Å². The summed E-state index contributed by atoms with van der Waals surface area (Å²) in [4.78, 5) is 19.3. The smallest absolute Gasteiger partial charge is 0.274 e. The highest BCUT2D eigenvalue weighted by Gasteiger charge is 2.30. The molecule has 0 aliphatic carbocycles. The number of H-pyrrole nitrogens is 1. The van der Waals surface area contributed by atoms with Crippen LogP contribution in [0, 0.1) is 5.82 Å². The van der Waals surface area contributed by atoms with Gasteiger partial charge in [-0.2, -0.15) is 5.10 Å². The summed E-state index contributed by atoms with van der Waals surface area (Å²) in [5, 5.41) is 6.99. The molecule has 3 aromatic rings. The van der Waals surface area contributed by atoms with Crippen LogP contribution in [0.3, 0.4) is 0 Å². The Morgan fingerprint density at radius 3 is 2.96 bits per heavy atom. The molecule has 144 valence electrons. The minimum Gasteiger partial charge on any atom is -0.487 e. The zero-order valence-corrected chi connectivity index (χ0v) is 15.3. The normalized spacial score (nSPS) is 16.8. The van der Waals surface area contributed by atoms with Crippen molar-refractivity contribution in [3.8, 4) is 5.75 Å². The maximum absolute atomic E-state index is 13.2. The van der Waals surface area contributed by atoms with Crippen LogP contribution < -0.4 is 4.74 Å². The lowest BCUT2D eigenvalue weighted by Crippen LogP contribution is -2.39. The van der Waals surface area contributed by atoms with Crippen LogP contribution in [0.4, 0.5) is 4.39 Å². The second kappa shape index (κ2) is 8.21. The molecule has 7 heteroatoms. The summed E-state index contributed by atoms with van der Waals surface area (Å²) in [5.74, 6) is -0.0547. The Hall–Kier alpha value is -3.22. The zero-order valence-electron chi connectivity index (χ0n) is 15.3. The van der Waals surface area contributed by atoms with Gasteiger partial charge >= 0.3 is 0 Å². The minimum atomic E-state index is -0.358. The molecule has 1 atom stereocenters. The number of ether oxygens (including phenoxy) is 1. The van der Waals surface area contributed by atoms with Crippen LogP contribution in [0.5, 0.6) is 5.75 Å². The molecule has 4 rings (SSSR count). The SMILES string of the molecule is O=C(c1cc(COc2cccc(F)c2)[nH]n1)N1CCCC[C@@H]1c1ccccn1. The summed E-state index contributed by atoms with van der Waals surface area (Å²) < 4.78 is 18.8. The Labute approximate surface area is 162 Å². The van der Waals surface area contributed by atoms with Crippen LogP contribution in [-0.2, 0) is 6.61 Å². The maximum Gasteiger partial charge on any atom is 0.274 e. The molecule has 0 unspecified atom stereocenters. The van der Waals surface area contributed by atoms with E-state index in [1.807, 2.05) is 23.1 Å². The van der Waals surface area contributed by atoms with Crippen LogP contribution in [-0.4, -0.2) is 32.5 Å². The second-order valence-corrected chi connectivity index (χ2v) is 6.79. The first-order valence-corrected chi connectivity index (χ1v) is 9.35. The predicted molar refractivity (Wildman–Crippen MR) is 101 cm³/mol. The Kier molecular flexibility index (Phi) is 5.32. The minimum absolute atomic E-state index is 0.0360. The van der Waals surface area contributed by atoms with Crippen molar-refractivity contribution in [2.24, 2.45) is 0 Å². The molecule has 1 fully saturated rings. The lowest BCUT2D eigenvalue weighted by Gasteiger charge is -2.34. The Morgan fingerprint density at radius 2 is 2.14 bits per heavy atom. The van der Waals surface area contributed by atoms with E-state index in [-0.39, 0.29) is 24.4 Å². The summed E-state index contributed by atoms with van der Waals surface area (Å²) in [6.45, 7) is 0.857. The molecule has 2 aromatic heterocycles. The van der Waals surface area contributed by atoms with Gasteiger partial charge in [0.1, 0.15) is 18.2 Å². The first kappa shape index (κ1) is 18.2. The first-order chi connectivity index (χ1) is 13.7. The number of carbonyl (C=O) groups excluding carboxylic acids is 1. The summed E-state index contributed by atoms with van der Waals surface area (Å²) in [6.07, 6.45) is 4.68. The molecule has 1 aromatic carbocycles. The number of nitrogens with zero attached hydrogens (tertiary/aromatic N) is 3.